The molecule has 0 bridgehead atoms. The van der Waals surface area contributed by atoms with Gasteiger partial charge in [0.2, 0.25) is 17.8 Å². The van der Waals surface area contributed by atoms with Gasteiger partial charge in [0.1, 0.15) is 0 Å². The Labute approximate surface area is 110 Å². The first-order chi connectivity index (χ1) is 8.65. The molecule has 0 spiro atoms. The van der Waals surface area contributed by atoms with Crippen LogP contribution < -0.4 is 16.0 Å². The van der Waals surface area contributed by atoms with Gasteiger partial charge in [-0.2, -0.15) is 26.3 Å². The molecule has 2 aromatic rings. The summed E-state index contributed by atoms with van der Waals surface area (Å²) < 4.78 is 0. The molecule has 3 N–H and O–H groups in total. The Morgan fingerprint density at radius 1 is 1.33 bits per heavy atom. The summed E-state index contributed by atoms with van der Waals surface area (Å²) in [5, 5.41) is 7.36. The van der Waals surface area contributed by atoms with Crippen LogP contribution in [-0.2, 0) is 6.42 Å². The summed E-state index contributed by atoms with van der Waals surface area (Å²) in [6.07, 6.45) is 0.937. The fourth-order valence-corrected chi connectivity index (χ4v) is 2.12. The summed E-state index contributed by atoms with van der Waals surface area (Å²) in [4.78, 5) is 14.2. The number of hydrogen-bond donors (Lipinski definition) is 2. The predicted molar refractivity (Wildman–Crippen MR) is 75.1 cm³/mol. The monoisotopic (exact) mass is 264 g/mol. The number of nitrogens with two attached hydrogens (primary N) is 1. The molecule has 6 nitrogen and oxygen atoms in total. The van der Waals surface area contributed by atoms with E-state index in [1.807, 2.05) is 14.1 Å². The zero-order chi connectivity index (χ0) is 13.0. The molecule has 0 amide bonds. The Hall–Kier alpha value is -1.89. The number of aromatic nitrogens is 3. The van der Waals surface area contributed by atoms with Crippen LogP contribution in [0.25, 0.3) is 0 Å². The highest BCUT2D eigenvalue weighted by Gasteiger charge is 2.05. The molecule has 96 valence electrons. The van der Waals surface area contributed by atoms with Crippen molar-refractivity contribution in [1.82, 2.24) is 15.0 Å². The van der Waals surface area contributed by atoms with Crippen molar-refractivity contribution in [2.75, 3.05) is 36.6 Å². The minimum absolute atomic E-state index is 0.228. The van der Waals surface area contributed by atoms with E-state index in [0.29, 0.717) is 11.9 Å². The van der Waals surface area contributed by atoms with Crippen LogP contribution in [0.3, 0.4) is 0 Å². The zero-order valence-corrected chi connectivity index (χ0v) is 11.2. The van der Waals surface area contributed by atoms with E-state index in [0.717, 1.165) is 13.0 Å². The first-order valence-corrected chi connectivity index (χ1v) is 6.53. The molecular weight excluding hydrogens is 248 g/mol. The Kier molecular flexibility index (Phi) is 3.93. The molecule has 0 aliphatic rings. The lowest BCUT2D eigenvalue weighted by atomic mass is 10.2. The van der Waals surface area contributed by atoms with Gasteiger partial charge in [-0.25, -0.2) is 0 Å². The van der Waals surface area contributed by atoms with E-state index in [-0.39, 0.29) is 5.95 Å². The molecule has 0 saturated carbocycles. The quantitative estimate of drug-likeness (QED) is 0.845. The Bertz CT molecular complexity index is 496. The third-order valence-electron chi connectivity index (χ3n) is 2.32. The van der Waals surface area contributed by atoms with E-state index in [1.165, 1.54) is 5.56 Å². The maximum absolute atomic E-state index is 5.64. The summed E-state index contributed by atoms with van der Waals surface area (Å²) in [7, 11) is 3.73. The highest BCUT2D eigenvalue weighted by Crippen LogP contribution is 2.10. The molecule has 2 rings (SSSR count). The van der Waals surface area contributed by atoms with Crippen molar-refractivity contribution in [3.05, 3.63) is 22.4 Å². The van der Waals surface area contributed by atoms with Crippen molar-refractivity contribution in [2.45, 2.75) is 6.42 Å². The topological polar surface area (TPSA) is 80.0 Å². The van der Waals surface area contributed by atoms with Gasteiger partial charge in [-0.1, -0.05) is 0 Å². The Morgan fingerprint density at radius 3 is 2.83 bits per heavy atom. The van der Waals surface area contributed by atoms with E-state index in [2.05, 4.69) is 37.1 Å². The lowest BCUT2D eigenvalue weighted by molar-refractivity contribution is 0.937. The Balaban J connectivity index is 1.96. The summed E-state index contributed by atoms with van der Waals surface area (Å²) in [5.74, 6) is 1.30. The highest BCUT2D eigenvalue weighted by atomic mass is 32.1. The minimum atomic E-state index is 0.228. The van der Waals surface area contributed by atoms with Crippen molar-refractivity contribution in [1.29, 1.82) is 0 Å². The second-order valence-corrected chi connectivity index (χ2v) is 4.80. The highest BCUT2D eigenvalue weighted by molar-refractivity contribution is 7.07. The van der Waals surface area contributed by atoms with Gasteiger partial charge in [0.15, 0.2) is 0 Å². The van der Waals surface area contributed by atoms with Gasteiger partial charge in [0, 0.05) is 20.6 Å². The van der Waals surface area contributed by atoms with Crippen LogP contribution in [0.2, 0.25) is 0 Å². The van der Waals surface area contributed by atoms with Crippen LogP contribution >= 0.6 is 11.3 Å². The molecule has 18 heavy (non-hydrogen) atoms. The minimum Gasteiger partial charge on any atom is -0.368 e. The van der Waals surface area contributed by atoms with Gasteiger partial charge >= 0.3 is 0 Å². The fourth-order valence-electron chi connectivity index (χ4n) is 1.41. The van der Waals surface area contributed by atoms with Crippen molar-refractivity contribution >= 4 is 29.2 Å². The van der Waals surface area contributed by atoms with Crippen LogP contribution in [0.15, 0.2) is 16.8 Å². The SMILES string of the molecule is CN(C)c1nc(N)nc(NCCc2ccsc2)n1. The molecule has 0 saturated heterocycles. The first-order valence-electron chi connectivity index (χ1n) is 5.59. The second-order valence-electron chi connectivity index (χ2n) is 4.02. The molecule has 0 aliphatic heterocycles. The van der Waals surface area contributed by atoms with Crippen LogP contribution in [0, 0.1) is 0 Å². The first kappa shape index (κ1) is 12.6. The number of rotatable bonds is 5. The number of nitrogen functional groups attached to an aromatic ring is 1. The molecule has 0 aromatic carbocycles. The summed E-state index contributed by atoms with van der Waals surface area (Å²) in [6.45, 7) is 0.771. The van der Waals surface area contributed by atoms with Crippen LogP contribution in [-0.4, -0.2) is 35.6 Å². The zero-order valence-electron chi connectivity index (χ0n) is 10.4. The summed E-state index contributed by atoms with van der Waals surface area (Å²) in [5.41, 5.74) is 6.94. The third-order valence-corrected chi connectivity index (χ3v) is 3.05. The van der Waals surface area contributed by atoms with E-state index < -0.39 is 0 Å². The maximum Gasteiger partial charge on any atom is 0.231 e. The molecule has 2 aromatic heterocycles. The molecule has 0 aliphatic carbocycles. The van der Waals surface area contributed by atoms with Crippen molar-refractivity contribution < 1.29 is 0 Å². The predicted octanol–water partition coefficient (Wildman–Crippen LogP) is 1.24. The van der Waals surface area contributed by atoms with Gasteiger partial charge in [-0.05, 0) is 28.8 Å². The number of nitrogens with one attached hydrogen (secondary N) is 1. The largest absolute Gasteiger partial charge is 0.368 e. The lowest BCUT2D eigenvalue weighted by Gasteiger charge is -2.11. The smallest absolute Gasteiger partial charge is 0.231 e. The van der Waals surface area contributed by atoms with Crippen LogP contribution in [0.1, 0.15) is 5.56 Å². The summed E-state index contributed by atoms with van der Waals surface area (Å²) in [6, 6.07) is 2.11. The van der Waals surface area contributed by atoms with E-state index in [4.69, 9.17) is 5.73 Å². The van der Waals surface area contributed by atoms with E-state index in [1.54, 1.807) is 16.2 Å². The molecule has 0 unspecified atom stereocenters. The molecule has 7 heteroatoms. The normalized spacial score (nSPS) is 10.3. The average molecular weight is 264 g/mol. The van der Waals surface area contributed by atoms with E-state index in [9.17, 15) is 0 Å². The van der Waals surface area contributed by atoms with Gasteiger partial charge in [0.25, 0.3) is 0 Å². The molecule has 0 radical (unpaired) electrons. The summed E-state index contributed by atoms with van der Waals surface area (Å²) >= 11 is 1.70. The fraction of sp³-hybridized carbons (Fsp3) is 0.364. The van der Waals surface area contributed by atoms with Gasteiger partial charge in [-0.15, -0.1) is 0 Å². The van der Waals surface area contributed by atoms with Crippen molar-refractivity contribution in [3.8, 4) is 0 Å². The Morgan fingerprint density at radius 2 is 2.17 bits per heavy atom. The second kappa shape index (κ2) is 5.63. The van der Waals surface area contributed by atoms with Crippen molar-refractivity contribution in [2.24, 2.45) is 0 Å². The maximum atomic E-state index is 5.64. The van der Waals surface area contributed by atoms with Gasteiger partial charge in [-0.3, -0.25) is 0 Å². The molecule has 2 heterocycles. The standard InChI is InChI=1S/C11H16N6S/c1-17(2)11-15-9(12)14-10(16-11)13-5-3-8-4-6-18-7-8/h4,6-7H,3,5H2,1-2H3,(H3,12,13,14,15,16). The average Bonchev–Trinajstić information content (AvgIpc) is 2.81. The lowest BCUT2D eigenvalue weighted by Crippen LogP contribution is -2.17. The van der Waals surface area contributed by atoms with Crippen LogP contribution in [0.4, 0.5) is 17.8 Å². The third kappa shape index (κ3) is 3.30. The number of thiophene rings is 1. The van der Waals surface area contributed by atoms with E-state index >= 15 is 0 Å². The molecule has 0 atom stereocenters. The molecule has 0 fully saturated rings. The van der Waals surface area contributed by atoms with Crippen LogP contribution in [0.5, 0.6) is 0 Å². The van der Waals surface area contributed by atoms with Crippen molar-refractivity contribution in [3.63, 3.8) is 0 Å². The molecular formula is C11H16N6S. The number of hydrogen-bond acceptors (Lipinski definition) is 7. The number of nitrogens with zero attached hydrogens (tertiary/aromatic N) is 4. The number of anilines is 3. The van der Waals surface area contributed by atoms with Gasteiger partial charge in [0.05, 0.1) is 0 Å². The van der Waals surface area contributed by atoms with Gasteiger partial charge < -0.3 is 16.0 Å².